The van der Waals surface area contributed by atoms with E-state index in [1.165, 1.54) is 0 Å². The maximum absolute atomic E-state index is 6.14. The number of aromatic nitrogens is 2. The molecule has 2 aliphatic heterocycles. The first kappa shape index (κ1) is 19.5. The molecular weight excluding hydrogens is 364 g/mol. The molecule has 1 aromatic carbocycles. The van der Waals surface area contributed by atoms with E-state index in [-0.39, 0.29) is 0 Å². The van der Waals surface area contributed by atoms with Gasteiger partial charge in [-0.2, -0.15) is 0 Å². The van der Waals surface area contributed by atoms with E-state index in [1.807, 2.05) is 6.07 Å². The van der Waals surface area contributed by atoms with Crippen LogP contribution in [0.3, 0.4) is 0 Å². The van der Waals surface area contributed by atoms with E-state index in [2.05, 4.69) is 75.8 Å². The van der Waals surface area contributed by atoms with Crippen molar-refractivity contribution >= 4 is 22.4 Å². The highest BCUT2D eigenvalue weighted by atomic mass is 16.5. The maximum atomic E-state index is 6.14. The molecular formula is C22H30N6O. The number of nitrogens with one attached hydrogen (secondary N) is 1. The second-order valence-corrected chi connectivity index (χ2v) is 7.85. The van der Waals surface area contributed by atoms with Gasteiger partial charge in [-0.25, -0.2) is 9.97 Å². The van der Waals surface area contributed by atoms with Crippen LogP contribution < -0.4 is 15.0 Å². The molecule has 1 aromatic heterocycles. The molecule has 1 unspecified atom stereocenters. The number of hydrogen-bond donors (Lipinski definition) is 1. The number of piperazine rings is 1. The Balaban J connectivity index is 1.55. The lowest BCUT2D eigenvalue weighted by atomic mass is 10.1. The van der Waals surface area contributed by atoms with E-state index in [9.17, 15) is 0 Å². The summed E-state index contributed by atoms with van der Waals surface area (Å²) in [4.78, 5) is 15.8. The highest BCUT2D eigenvalue weighted by molar-refractivity contribution is 5.94. The number of allylic oxidation sites excluding steroid dienone is 1. The Morgan fingerprint density at radius 2 is 2.21 bits per heavy atom. The van der Waals surface area contributed by atoms with Crippen LogP contribution in [-0.4, -0.2) is 79.2 Å². The molecule has 1 saturated heterocycles. The fraction of sp³-hybridized carbons (Fsp3) is 0.455. The fourth-order valence-corrected chi connectivity index (χ4v) is 3.99. The van der Waals surface area contributed by atoms with E-state index in [0.29, 0.717) is 12.6 Å². The van der Waals surface area contributed by atoms with Crippen LogP contribution in [0.5, 0.6) is 5.75 Å². The van der Waals surface area contributed by atoms with Crippen molar-refractivity contribution < 1.29 is 4.74 Å². The van der Waals surface area contributed by atoms with Crippen LogP contribution in [0.25, 0.3) is 10.9 Å². The van der Waals surface area contributed by atoms with Crippen LogP contribution in [-0.2, 0) is 0 Å². The smallest absolute Gasteiger partial charge is 0.144 e. The zero-order valence-electron chi connectivity index (χ0n) is 17.6. The Hall–Kier alpha value is -2.80. The predicted octanol–water partition coefficient (Wildman–Crippen LogP) is 2.58. The summed E-state index contributed by atoms with van der Waals surface area (Å²) in [6.45, 7) is 11.6. The predicted molar refractivity (Wildman–Crippen MR) is 119 cm³/mol. The van der Waals surface area contributed by atoms with Crippen molar-refractivity contribution in [1.29, 1.82) is 0 Å². The van der Waals surface area contributed by atoms with Gasteiger partial charge in [0.15, 0.2) is 0 Å². The first-order valence-electron chi connectivity index (χ1n) is 10.2. The summed E-state index contributed by atoms with van der Waals surface area (Å²) in [7, 11) is 4.14. The van der Waals surface area contributed by atoms with Crippen LogP contribution in [0.1, 0.15) is 6.92 Å². The first-order chi connectivity index (χ1) is 14.1. The number of likely N-dealkylation sites (N-methyl/N-ethyl adjacent to an activating group) is 1. The van der Waals surface area contributed by atoms with Crippen LogP contribution in [0.15, 0.2) is 42.9 Å². The molecule has 0 radical (unpaired) electrons. The SMILES string of the molecule is C=C(/C=C/CN(C)C)N1CCN2c3cc4c(NCC)ncnc4cc3OCC2C1. The first-order valence-corrected chi connectivity index (χ1v) is 10.2. The minimum atomic E-state index is 0.305. The average Bonchev–Trinajstić information content (AvgIpc) is 2.72. The minimum Gasteiger partial charge on any atom is -0.489 e. The number of nitrogens with zero attached hydrogens (tertiary/aromatic N) is 5. The van der Waals surface area contributed by atoms with Crippen molar-refractivity contribution in [3.8, 4) is 5.75 Å². The lowest BCUT2D eigenvalue weighted by Crippen LogP contribution is -2.56. The van der Waals surface area contributed by atoms with Crippen molar-refractivity contribution in [1.82, 2.24) is 19.8 Å². The molecule has 0 bridgehead atoms. The van der Waals surface area contributed by atoms with E-state index < -0.39 is 0 Å². The largest absolute Gasteiger partial charge is 0.489 e. The summed E-state index contributed by atoms with van der Waals surface area (Å²) in [6.07, 6.45) is 5.89. The van der Waals surface area contributed by atoms with Crippen LogP contribution in [0, 0.1) is 0 Å². The van der Waals surface area contributed by atoms with Crippen molar-refractivity contribution in [2.45, 2.75) is 13.0 Å². The van der Waals surface area contributed by atoms with Gasteiger partial charge in [-0.3, -0.25) is 0 Å². The van der Waals surface area contributed by atoms with Gasteiger partial charge in [0, 0.05) is 49.9 Å². The molecule has 4 rings (SSSR count). The number of fused-ring (bicyclic) bond motifs is 4. The average molecular weight is 395 g/mol. The topological polar surface area (TPSA) is 56.8 Å². The second kappa shape index (κ2) is 8.29. The molecule has 0 aliphatic carbocycles. The maximum Gasteiger partial charge on any atom is 0.144 e. The number of ether oxygens (including phenoxy) is 1. The Labute approximate surface area is 172 Å². The lowest BCUT2D eigenvalue weighted by Gasteiger charge is -2.46. The number of rotatable bonds is 6. The van der Waals surface area contributed by atoms with Gasteiger partial charge < -0.3 is 24.8 Å². The van der Waals surface area contributed by atoms with E-state index in [1.54, 1.807) is 6.33 Å². The quantitative estimate of drug-likeness (QED) is 0.756. The Morgan fingerprint density at radius 3 is 3.00 bits per heavy atom. The van der Waals surface area contributed by atoms with Crippen molar-refractivity contribution in [3.05, 3.63) is 42.9 Å². The van der Waals surface area contributed by atoms with Crippen LogP contribution in [0.2, 0.25) is 0 Å². The molecule has 2 aliphatic rings. The summed E-state index contributed by atoms with van der Waals surface area (Å²) in [5, 5.41) is 4.38. The molecule has 1 N–H and O–H groups in total. The Morgan fingerprint density at radius 1 is 1.34 bits per heavy atom. The normalized spacial score (nSPS) is 18.7. The van der Waals surface area contributed by atoms with Gasteiger partial charge in [0.05, 0.1) is 17.2 Å². The van der Waals surface area contributed by atoms with Crippen LogP contribution in [0.4, 0.5) is 11.5 Å². The van der Waals surface area contributed by atoms with Crippen LogP contribution >= 0.6 is 0 Å². The molecule has 1 fully saturated rings. The van der Waals surface area contributed by atoms with Crippen molar-refractivity contribution in [2.24, 2.45) is 0 Å². The minimum absolute atomic E-state index is 0.305. The highest BCUT2D eigenvalue weighted by Crippen LogP contribution is 2.39. The van der Waals surface area contributed by atoms with Gasteiger partial charge in [0.2, 0.25) is 0 Å². The molecule has 7 heteroatoms. The zero-order valence-corrected chi connectivity index (χ0v) is 17.6. The summed E-state index contributed by atoms with van der Waals surface area (Å²) < 4.78 is 6.14. The highest BCUT2D eigenvalue weighted by Gasteiger charge is 2.33. The van der Waals surface area contributed by atoms with Crippen molar-refractivity contribution in [3.63, 3.8) is 0 Å². The molecule has 0 saturated carbocycles. The molecule has 1 atom stereocenters. The van der Waals surface area contributed by atoms with E-state index >= 15 is 0 Å². The monoisotopic (exact) mass is 394 g/mol. The van der Waals surface area contributed by atoms with Gasteiger partial charge in [-0.05, 0) is 33.2 Å². The molecule has 0 amide bonds. The standard InChI is InChI=1S/C22H30N6O/c1-5-23-22-18-11-20-21(12-19(18)24-15-25-22)29-14-17-13-27(9-10-28(17)20)16(2)7-6-8-26(3)4/h6-7,11-12,15,17H,2,5,8-10,13-14H2,1,3-4H3,(H,23,24,25)/b7-6+. The van der Waals surface area contributed by atoms with E-state index in [0.717, 1.165) is 66.6 Å². The molecule has 2 aromatic rings. The van der Waals surface area contributed by atoms with E-state index in [4.69, 9.17) is 4.74 Å². The lowest BCUT2D eigenvalue weighted by molar-refractivity contribution is 0.196. The van der Waals surface area contributed by atoms with Gasteiger partial charge in [-0.1, -0.05) is 12.7 Å². The Kier molecular flexibility index (Phi) is 5.58. The van der Waals surface area contributed by atoms with Gasteiger partial charge in [0.25, 0.3) is 0 Å². The number of hydrogen-bond acceptors (Lipinski definition) is 7. The molecule has 0 spiro atoms. The number of benzene rings is 1. The molecule has 3 heterocycles. The molecule has 7 nitrogen and oxygen atoms in total. The van der Waals surface area contributed by atoms with Crippen molar-refractivity contribution in [2.75, 3.05) is 63.6 Å². The number of anilines is 2. The Bertz CT molecular complexity index is 925. The third kappa shape index (κ3) is 4.00. The third-order valence-electron chi connectivity index (χ3n) is 5.47. The van der Waals surface area contributed by atoms with Gasteiger partial charge in [0.1, 0.15) is 24.5 Å². The molecule has 154 valence electrons. The second-order valence-electron chi connectivity index (χ2n) is 7.85. The van der Waals surface area contributed by atoms with Gasteiger partial charge in [-0.15, -0.1) is 0 Å². The molecule has 29 heavy (non-hydrogen) atoms. The summed E-state index contributed by atoms with van der Waals surface area (Å²) in [5.74, 6) is 1.79. The van der Waals surface area contributed by atoms with Gasteiger partial charge >= 0.3 is 0 Å². The zero-order chi connectivity index (χ0) is 20.4. The fourth-order valence-electron chi connectivity index (χ4n) is 3.99. The summed E-state index contributed by atoms with van der Waals surface area (Å²) in [6, 6.07) is 4.52. The summed E-state index contributed by atoms with van der Waals surface area (Å²) >= 11 is 0. The summed E-state index contributed by atoms with van der Waals surface area (Å²) in [5.41, 5.74) is 3.11. The third-order valence-corrected chi connectivity index (χ3v) is 5.47.